The van der Waals surface area contributed by atoms with Crippen molar-refractivity contribution in [1.29, 1.82) is 0 Å². The largest absolute Gasteiger partial charge is 0.337 e. The topological polar surface area (TPSA) is 116 Å². The number of hydrogen-bond donors (Lipinski definition) is 4. The van der Waals surface area contributed by atoms with E-state index in [2.05, 4.69) is 21.3 Å². The fourth-order valence-electron chi connectivity index (χ4n) is 2.47. The molecule has 10 heteroatoms. The van der Waals surface area contributed by atoms with Crippen molar-refractivity contribution in [3.05, 3.63) is 0 Å². The molecule has 6 amide bonds. The monoisotopic (exact) mass is 418 g/mol. The van der Waals surface area contributed by atoms with E-state index in [1.165, 1.54) is 21.6 Å². The molecule has 0 aromatic rings. The van der Waals surface area contributed by atoms with E-state index in [0.29, 0.717) is 24.6 Å². The SMILES string of the molecule is CC(C)CCC(=O)NC(=O)NCCSSCC(=O)NC(=O)NC1CCCC1. The molecule has 0 aromatic carbocycles. The molecule has 1 aliphatic carbocycles. The Morgan fingerprint density at radius 3 is 2.30 bits per heavy atom. The Morgan fingerprint density at radius 1 is 0.963 bits per heavy atom. The summed E-state index contributed by atoms with van der Waals surface area (Å²) in [7, 11) is 2.72. The van der Waals surface area contributed by atoms with Gasteiger partial charge in [-0.15, -0.1) is 0 Å². The van der Waals surface area contributed by atoms with Crippen LogP contribution in [0.2, 0.25) is 0 Å². The standard InChI is InChI=1S/C17H30N4O4S2/c1-12(2)7-8-14(22)20-16(24)18-9-10-26-27-11-15(23)21-17(25)19-13-5-3-4-6-13/h12-13H,3-11H2,1-2H3,(H2,18,20,22,24)(H2,19,21,23,25). The van der Waals surface area contributed by atoms with Crippen molar-refractivity contribution in [2.45, 2.75) is 58.4 Å². The second kappa shape index (κ2) is 13.7. The minimum absolute atomic E-state index is 0.155. The first-order valence-corrected chi connectivity index (χ1v) is 11.8. The van der Waals surface area contributed by atoms with Crippen LogP contribution < -0.4 is 21.3 Å². The van der Waals surface area contributed by atoms with Crippen LogP contribution in [0.3, 0.4) is 0 Å². The Hall–Kier alpha value is -1.42. The van der Waals surface area contributed by atoms with Gasteiger partial charge in [-0.3, -0.25) is 20.2 Å². The summed E-state index contributed by atoms with van der Waals surface area (Å²) in [4.78, 5) is 46.4. The maximum absolute atomic E-state index is 11.7. The number of carbonyl (C=O) groups is 4. The third kappa shape index (κ3) is 12.6. The predicted octanol–water partition coefficient (Wildman–Crippen LogP) is 2.40. The summed E-state index contributed by atoms with van der Waals surface area (Å²) < 4.78 is 0. The van der Waals surface area contributed by atoms with Crippen LogP contribution in [0.1, 0.15) is 52.4 Å². The Bertz CT molecular complexity index is 511. The molecule has 1 fully saturated rings. The van der Waals surface area contributed by atoms with Crippen LogP contribution in [-0.2, 0) is 9.59 Å². The maximum Gasteiger partial charge on any atom is 0.321 e. The lowest BCUT2D eigenvalue weighted by atomic mass is 10.1. The second-order valence-corrected chi connectivity index (χ2v) is 9.41. The fraction of sp³-hybridized carbons (Fsp3) is 0.765. The van der Waals surface area contributed by atoms with E-state index >= 15 is 0 Å². The minimum Gasteiger partial charge on any atom is -0.337 e. The van der Waals surface area contributed by atoms with Crippen LogP contribution in [0.4, 0.5) is 9.59 Å². The first kappa shape index (κ1) is 23.6. The summed E-state index contributed by atoms with van der Waals surface area (Å²) in [6, 6.07) is -0.761. The number of urea groups is 2. The van der Waals surface area contributed by atoms with Gasteiger partial charge in [0.2, 0.25) is 11.8 Å². The van der Waals surface area contributed by atoms with Gasteiger partial charge in [-0.05, 0) is 25.2 Å². The molecule has 0 saturated heterocycles. The molecule has 1 aliphatic rings. The predicted molar refractivity (Wildman–Crippen MR) is 109 cm³/mol. The van der Waals surface area contributed by atoms with Gasteiger partial charge in [-0.1, -0.05) is 48.3 Å². The van der Waals surface area contributed by atoms with Gasteiger partial charge in [0.1, 0.15) is 0 Å². The molecular formula is C17H30N4O4S2. The van der Waals surface area contributed by atoms with Crippen molar-refractivity contribution in [3.8, 4) is 0 Å². The molecule has 0 radical (unpaired) electrons. The van der Waals surface area contributed by atoms with Crippen LogP contribution >= 0.6 is 21.6 Å². The molecule has 1 saturated carbocycles. The lowest BCUT2D eigenvalue weighted by molar-refractivity contribution is -0.120. The molecule has 0 heterocycles. The number of imide groups is 2. The first-order valence-electron chi connectivity index (χ1n) is 9.29. The zero-order valence-electron chi connectivity index (χ0n) is 16.0. The lowest BCUT2D eigenvalue weighted by Crippen LogP contribution is -2.44. The van der Waals surface area contributed by atoms with Gasteiger partial charge >= 0.3 is 12.1 Å². The Morgan fingerprint density at radius 2 is 1.63 bits per heavy atom. The molecule has 4 N–H and O–H groups in total. The molecule has 0 spiro atoms. The Labute approximate surface area is 168 Å². The lowest BCUT2D eigenvalue weighted by Gasteiger charge is -2.12. The van der Waals surface area contributed by atoms with Gasteiger partial charge in [0.05, 0.1) is 5.75 Å². The summed E-state index contributed by atoms with van der Waals surface area (Å²) in [6.45, 7) is 4.42. The first-order chi connectivity index (χ1) is 12.9. The highest BCUT2D eigenvalue weighted by Gasteiger charge is 2.18. The van der Waals surface area contributed by atoms with Gasteiger partial charge in [-0.2, -0.15) is 0 Å². The molecule has 154 valence electrons. The van der Waals surface area contributed by atoms with Crippen molar-refractivity contribution in [3.63, 3.8) is 0 Å². The average Bonchev–Trinajstić information content (AvgIpc) is 3.08. The van der Waals surface area contributed by atoms with E-state index in [1.54, 1.807) is 0 Å². The van der Waals surface area contributed by atoms with Crippen LogP contribution in [0, 0.1) is 5.92 Å². The number of hydrogen-bond acceptors (Lipinski definition) is 6. The number of amides is 6. The molecule has 1 rings (SSSR count). The number of nitrogens with one attached hydrogen (secondary N) is 4. The van der Waals surface area contributed by atoms with Gasteiger partial charge in [-0.25, -0.2) is 9.59 Å². The third-order valence-corrected chi connectivity index (χ3v) is 6.16. The summed E-state index contributed by atoms with van der Waals surface area (Å²) in [6.07, 6.45) is 5.24. The normalized spacial score (nSPS) is 14.0. The van der Waals surface area contributed by atoms with E-state index in [-0.39, 0.29) is 23.6 Å². The number of carbonyl (C=O) groups excluding carboxylic acids is 4. The molecule has 0 aliphatic heterocycles. The smallest absolute Gasteiger partial charge is 0.321 e. The molecule has 27 heavy (non-hydrogen) atoms. The highest BCUT2D eigenvalue weighted by molar-refractivity contribution is 8.76. The van der Waals surface area contributed by atoms with Crippen LogP contribution in [0.15, 0.2) is 0 Å². The van der Waals surface area contributed by atoms with Crippen molar-refractivity contribution in [2.24, 2.45) is 5.92 Å². The molecule has 8 nitrogen and oxygen atoms in total. The van der Waals surface area contributed by atoms with Crippen LogP contribution in [0.25, 0.3) is 0 Å². The van der Waals surface area contributed by atoms with E-state index in [9.17, 15) is 19.2 Å². The molecule has 0 atom stereocenters. The van der Waals surface area contributed by atoms with Crippen molar-refractivity contribution < 1.29 is 19.2 Å². The Balaban J connectivity index is 1.98. The van der Waals surface area contributed by atoms with E-state index in [1.807, 2.05) is 13.8 Å². The van der Waals surface area contributed by atoms with Gasteiger partial charge in [0, 0.05) is 24.8 Å². The molecule has 0 aromatic heterocycles. The van der Waals surface area contributed by atoms with Crippen LogP contribution in [0.5, 0.6) is 0 Å². The second-order valence-electron chi connectivity index (χ2n) is 6.82. The molecular weight excluding hydrogens is 388 g/mol. The Kier molecular flexibility index (Phi) is 12.0. The van der Waals surface area contributed by atoms with Crippen LogP contribution in [-0.4, -0.2) is 48.0 Å². The van der Waals surface area contributed by atoms with Crippen molar-refractivity contribution in [1.82, 2.24) is 21.3 Å². The third-order valence-electron chi connectivity index (χ3n) is 3.89. The fourth-order valence-corrected chi connectivity index (χ4v) is 4.21. The zero-order chi connectivity index (χ0) is 20.1. The quantitative estimate of drug-likeness (QED) is 0.320. The maximum atomic E-state index is 11.7. The highest BCUT2D eigenvalue weighted by atomic mass is 33.1. The minimum atomic E-state index is -0.504. The summed E-state index contributed by atoms with van der Waals surface area (Å²) in [5, 5.41) is 9.99. The van der Waals surface area contributed by atoms with E-state index in [4.69, 9.17) is 0 Å². The van der Waals surface area contributed by atoms with Gasteiger partial charge < -0.3 is 10.6 Å². The van der Waals surface area contributed by atoms with Gasteiger partial charge in [0.25, 0.3) is 0 Å². The zero-order valence-corrected chi connectivity index (χ0v) is 17.6. The summed E-state index contributed by atoms with van der Waals surface area (Å²) >= 11 is 0. The van der Waals surface area contributed by atoms with Crippen molar-refractivity contribution >= 4 is 45.5 Å². The summed E-state index contributed by atoms with van der Waals surface area (Å²) in [5.74, 6) is 0.529. The average molecular weight is 419 g/mol. The highest BCUT2D eigenvalue weighted by Crippen LogP contribution is 2.20. The van der Waals surface area contributed by atoms with Gasteiger partial charge in [0.15, 0.2) is 0 Å². The summed E-state index contributed by atoms with van der Waals surface area (Å²) in [5.41, 5.74) is 0. The van der Waals surface area contributed by atoms with E-state index < -0.39 is 12.1 Å². The number of rotatable bonds is 10. The molecule has 0 bridgehead atoms. The van der Waals surface area contributed by atoms with Crippen molar-refractivity contribution in [2.75, 3.05) is 18.1 Å². The molecule has 0 unspecified atom stereocenters. The van der Waals surface area contributed by atoms with E-state index in [0.717, 1.165) is 32.1 Å².